The fraction of sp³-hybridized carbons (Fsp3) is 0.487. The first-order chi connectivity index (χ1) is 27.9. The van der Waals surface area contributed by atoms with Gasteiger partial charge >= 0.3 is 0 Å². The van der Waals surface area contributed by atoms with E-state index in [0.29, 0.717) is 17.5 Å². The number of nitrogens with one attached hydrogen (secondary N) is 5. The Labute approximate surface area is 344 Å². The third-order valence-corrected chi connectivity index (χ3v) is 8.92. The minimum Gasteiger partial charge on any atom is -0.508 e. The molecular formula is C39H61N13O7. The summed E-state index contributed by atoms with van der Waals surface area (Å²) in [5.41, 5.74) is 34.7. The molecule has 6 atom stereocenters. The van der Waals surface area contributed by atoms with Gasteiger partial charge in [0.2, 0.25) is 35.4 Å². The topological polar surface area (TPSA) is 364 Å². The van der Waals surface area contributed by atoms with Crippen LogP contribution in [0.3, 0.4) is 0 Å². The number of benzene rings is 2. The Bertz CT molecular complexity index is 1750. The van der Waals surface area contributed by atoms with Gasteiger partial charge in [-0.15, -0.1) is 0 Å². The zero-order valence-corrected chi connectivity index (χ0v) is 33.9. The summed E-state index contributed by atoms with van der Waals surface area (Å²) in [6, 6.07) is 8.26. The number of primary amides is 1. The van der Waals surface area contributed by atoms with Gasteiger partial charge in [-0.05, 0) is 74.6 Å². The molecule has 0 aliphatic carbocycles. The summed E-state index contributed by atoms with van der Waals surface area (Å²) < 4.78 is 0. The van der Waals surface area contributed by atoms with Crippen molar-refractivity contribution in [3.8, 4) is 5.75 Å². The van der Waals surface area contributed by atoms with E-state index < -0.39 is 71.7 Å². The second-order valence-corrected chi connectivity index (χ2v) is 14.6. The van der Waals surface area contributed by atoms with Crippen LogP contribution in [0.4, 0.5) is 0 Å². The Morgan fingerprint density at radius 2 is 1.05 bits per heavy atom. The summed E-state index contributed by atoms with van der Waals surface area (Å²) in [5.74, 6) is -4.56. The predicted molar refractivity (Wildman–Crippen MR) is 224 cm³/mol. The zero-order chi connectivity index (χ0) is 44.1. The Kier molecular flexibility index (Phi) is 20.7. The van der Waals surface area contributed by atoms with Crippen molar-refractivity contribution in [3.63, 3.8) is 0 Å². The van der Waals surface area contributed by atoms with Crippen LogP contribution in [0.15, 0.2) is 64.6 Å². The molecule has 0 aliphatic rings. The largest absolute Gasteiger partial charge is 0.508 e. The lowest BCUT2D eigenvalue weighted by Gasteiger charge is -2.27. The number of nitrogens with zero attached hydrogens (tertiary/aromatic N) is 2. The van der Waals surface area contributed by atoms with E-state index >= 15 is 0 Å². The number of phenolic OH excluding ortho intramolecular Hbond substituents is 1. The molecule has 2 aromatic rings. The first kappa shape index (κ1) is 48.7. The van der Waals surface area contributed by atoms with Crippen LogP contribution in [0, 0.1) is 5.92 Å². The lowest BCUT2D eigenvalue weighted by molar-refractivity contribution is -0.135. The normalized spacial score (nSPS) is 13.9. The van der Waals surface area contributed by atoms with Crippen molar-refractivity contribution < 1.29 is 33.9 Å². The van der Waals surface area contributed by atoms with Crippen LogP contribution in [0.5, 0.6) is 5.75 Å². The Morgan fingerprint density at radius 1 is 0.576 bits per heavy atom. The third-order valence-electron chi connectivity index (χ3n) is 8.92. The van der Waals surface area contributed by atoms with Crippen molar-refractivity contribution in [2.45, 2.75) is 102 Å². The molecule has 0 fully saturated rings. The van der Waals surface area contributed by atoms with Gasteiger partial charge in [0.15, 0.2) is 11.9 Å². The van der Waals surface area contributed by atoms with E-state index in [-0.39, 0.29) is 75.2 Å². The molecule has 2 rings (SSSR count). The molecule has 0 bridgehead atoms. The second-order valence-electron chi connectivity index (χ2n) is 14.6. The van der Waals surface area contributed by atoms with Crippen molar-refractivity contribution >= 4 is 47.4 Å². The van der Waals surface area contributed by atoms with Gasteiger partial charge in [-0.25, -0.2) is 0 Å². The van der Waals surface area contributed by atoms with E-state index in [2.05, 4.69) is 36.6 Å². The monoisotopic (exact) mass is 823 g/mol. The van der Waals surface area contributed by atoms with Crippen LogP contribution < -0.4 is 61.0 Å². The Balaban J connectivity index is 2.27. The Hall–Kier alpha value is -6.44. The molecule has 0 aliphatic heterocycles. The van der Waals surface area contributed by atoms with E-state index in [1.807, 2.05) is 13.8 Å². The number of rotatable bonds is 25. The number of phenols is 1. The van der Waals surface area contributed by atoms with E-state index in [1.54, 1.807) is 42.5 Å². The van der Waals surface area contributed by atoms with Gasteiger partial charge in [-0.3, -0.25) is 38.8 Å². The van der Waals surface area contributed by atoms with Gasteiger partial charge in [0.25, 0.3) is 0 Å². The lowest BCUT2D eigenvalue weighted by atomic mass is 10.00. The van der Waals surface area contributed by atoms with Crippen molar-refractivity contribution in [2.75, 3.05) is 13.1 Å². The summed E-state index contributed by atoms with van der Waals surface area (Å²) in [6.45, 7) is 5.44. The number of carbonyl (C=O) groups excluding carboxylic acids is 6. The SMILES string of the molecule is CC(C)C[C@H](NC(=O)[C@H](Cc1ccccc1)NC(=O)[C@@H](C)NC(=O)[C@@H](N)Cc1ccc(O)cc1)C(=O)N[C@@H](CCCN=C(N)N)C(=O)N[C@@H](CCCN=C(N)N)C(N)=O. The summed E-state index contributed by atoms with van der Waals surface area (Å²) in [7, 11) is 0. The first-order valence-corrected chi connectivity index (χ1v) is 19.4. The standard InChI is InChI=1S/C39H61N13O7/c1-22(2)19-30(36(58)50-29(12-8-18-47-39(44)45)35(57)49-28(32(41)54)11-7-17-46-38(42)43)52-37(59)31(21-24-9-5-4-6-10-24)51-33(55)23(3)48-34(56)27(40)20-25-13-15-26(53)16-14-25/h4-6,9-10,13-16,22-23,27-31,53H,7-8,11-12,17-21,40H2,1-3H3,(H2,41,54)(H,48,56)(H,49,57)(H,50,58)(H,51,55)(H,52,59)(H4,42,43,46)(H4,44,45,47)/t23-,27+,28+,29+,30+,31+/m1/s1. The quantitative estimate of drug-likeness (QED) is 0.0283. The van der Waals surface area contributed by atoms with Gasteiger partial charge in [0.1, 0.15) is 36.0 Å². The third kappa shape index (κ3) is 19.0. The number of hydrogen-bond donors (Lipinski definition) is 12. The smallest absolute Gasteiger partial charge is 0.243 e. The molecule has 20 heteroatoms. The van der Waals surface area contributed by atoms with Crippen LogP contribution in [-0.2, 0) is 41.6 Å². The molecule has 324 valence electrons. The van der Waals surface area contributed by atoms with Crippen LogP contribution in [0.25, 0.3) is 0 Å². The van der Waals surface area contributed by atoms with Gasteiger partial charge in [-0.2, -0.15) is 0 Å². The summed E-state index contributed by atoms with van der Waals surface area (Å²) >= 11 is 0. The Morgan fingerprint density at radius 3 is 1.59 bits per heavy atom. The number of carbonyl (C=O) groups is 6. The lowest BCUT2D eigenvalue weighted by Crippen LogP contribution is -2.59. The average Bonchev–Trinajstić information content (AvgIpc) is 3.17. The number of hydrogen-bond acceptors (Lipinski definition) is 10. The van der Waals surface area contributed by atoms with Gasteiger partial charge < -0.3 is 66.1 Å². The van der Waals surface area contributed by atoms with Crippen LogP contribution >= 0.6 is 0 Å². The highest BCUT2D eigenvalue weighted by Gasteiger charge is 2.32. The number of aliphatic imine (C=N–C) groups is 2. The fourth-order valence-electron chi connectivity index (χ4n) is 5.80. The summed E-state index contributed by atoms with van der Waals surface area (Å²) in [5, 5.41) is 22.8. The molecule has 6 amide bonds. The molecule has 0 spiro atoms. The molecular weight excluding hydrogens is 763 g/mol. The van der Waals surface area contributed by atoms with E-state index in [4.69, 9.17) is 34.4 Å². The van der Waals surface area contributed by atoms with Crippen molar-refractivity contribution in [2.24, 2.45) is 50.3 Å². The maximum Gasteiger partial charge on any atom is 0.243 e. The fourth-order valence-corrected chi connectivity index (χ4v) is 5.80. The zero-order valence-electron chi connectivity index (χ0n) is 33.9. The average molecular weight is 824 g/mol. The highest BCUT2D eigenvalue weighted by atomic mass is 16.3. The second kappa shape index (κ2) is 25.0. The number of amides is 6. The van der Waals surface area contributed by atoms with Gasteiger partial charge in [0.05, 0.1) is 6.04 Å². The summed E-state index contributed by atoms with van der Waals surface area (Å²) in [4.78, 5) is 88.0. The highest BCUT2D eigenvalue weighted by molar-refractivity contribution is 5.96. The molecule has 0 saturated heterocycles. The van der Waals surface area contributed by atoms with Crippen LogP contribution in [0.1, 0.15) is 64.0 Å². The maximum absolute atomic E-state index is 14.0. The molecule has 20 nitrogen and oxygen atoms in total. The molecule has 0 radical (unpaired) electrons. The predicted octanol–water partition coefficient (Wildman–Crippen LogP) is -2.41. The van der Waals surface area contributed by atoms with Gasteiger partial charge in [0, 0.05) is 19.5 Å². The minimum absolute atomic E-state index is 0.0307. The van der Waals surface area contributed by atoms with E-state index in [0.717, 1.165) is 0 Å². The molecule has 18 N–H and O–H groups in total. The molecule has 0 saturated carbocycles. The maximum atomic E-state index is 14.0. The number of guanidine groups is 2. The molecule has 0 heterocycles. The van der Waals surface area contributed by atoms with Crippen LogP contribution in [0.2, 0.25) is 0 Å². The molecule has 2 aromatic carbocycles. The van der Waals surface area contributed by atoms with Crippen molar-refractivity contribution in [1.82, 2.24) is 26.6 Å². The van der Waals surface area contributed by atoms with Gasteiger partial charge in [-0.1, -0.05) is 56.3 Å². The molecule has 59 heavy (non-hydrogen) atoms. The highest BCUT2D eigenvalue weighted by Crippen LogP contribution is 2.12. The number of aromatic hydroxyl groups is 1. The summed E-state index contributed by atoms with van der Waals surface area (Å²) in [6.07, 6.45) is 1.05. The van der Waals surface area contributed by atoms with E-state index in [1.165, 1.54) is 19.1 Å². The number of nitrogens with two attached hydrogens (primary N) is 6. The molecule has 0 unspecified atom stereocenters. The van der Waals surface area contributed by atoms with Crippen molar-refractivity contribution in [1.29, 1.82) is 0 Å². The minimum atomic E-state index is -1.20. The van der Waals surface area contributed by atoms with Crippen LogP contribution in [-0.4, -0.2) is 102 Å². The molecule has 0 aromatic heterocycles. The first-order valence-electron chi connectivity index (χ1n) is 19.4. The van der Waals surface area contributed by atoms with E-state index in [9.17, 15) is 33.9 Å². The van der Waals surface area contributed by atoms with Crippen molar-refractivity contribution in [3.05, 3.63) is 65.7 Å².